The standard InChI is InChI=1S/C25H24F3N11O/c1-37(21-7-8-30-23(36-21)33-16-10-32-39(14-16)18-11-29-12-18)17-9-20-22(31-13-17)38(2)24(35-20)34-15-3-5-19(6-4-15)40-25(26,27)28/h3-10,13-14,18,29H,11-12H2,1-2H3,(H,34,35)(H,30,33,36). The molecule has 0 amide bonds. The molecule has 0 aliphatic carbocycles. The fourth-order valence-electron chi connectivity index (χ4n) is 4.15. The van der Waals surface area contributed by atoms with E-state index in [-0.39, 0.29) is 5.75 Å². The highest BCUT2D eigenvalue weighted by molar-refractivity contribution is 5.80. The first-order valence-electron chi connectivity index (χ1n) is 12.3. The summed E-state index contributed by atoms with van der Waals surface area (Å²) in [5.41, 5.74) is 3.34. The minimum atomic E-state index is -4.75. The molecule has 3 N–H and O–H groups in total. The zero-order valence-corrected chi connectivity index (χ0v) is 21.4. The van der Waals surface area contributed by atoms with Gasteiger partial charge < -0.3 is 25.6 Å². The quantitative estimate of drug-likeness (QED) is 0.258. The van der Waals surface area contributed by atoms with Crippen molar-refractivity contribution in [2.45, 2.75) is 12.4 Å². The number of benzene rings is 1. The molecule has 12 nitrogen and oxygen atoms in total. The molecule has 40 heavy (non-hydrogen) atoms. The van der Waals surface area contributed by atoms with Gasteiger partial charge in [-0.3, -0.25) is 9.25 Å². The predicted octanol–water partition coefficient (Wildman–Crippen LogP) is 4.25. The number of alkyl halides is 3. The van der Waals surface area contributed by atoms with E-state index in [1.165, 1.54) is 24.3 Å². The predicted molar refractivity (Wildman–Crippen MR) is 142 cm³/mol. The number of rotatable bonds is 8. The van der Waals surface area contributed by atoms with Gasteiger partial charge in [-0.25, -0.2) is 15.0 Å². The SMILES string of the molecule is CN(c1cnc2c(c1)nc(Nc1ccc(OC(F)(F)F)cc1)n2C)c1ccnc(Nc2cnn(C3CNC3)c2)n1. The van der Waals surface area contributed by atoms with Crippen molar-refractivity contribution in [3.05, 3.63) is 61.2 Å². The Kier molecular flexibility index (Phi) is 6.34. The topological polar surface area (TPSA) is 123 Å². The molecular formula is C25H24F3N11O. The molecule has 1 aliphatic heterocycles. The highest BCUT2D eigenvalue weighted by atomic mass is 19.4. The number of hydrogen-bond acceptors (Lipinski definition) is 10. The number of anilines is 6. The van der Waals surface area contributed by atoms with Gasteiger partial charge in [-0.1, -0.05) is 0 Å². The molecular weight excluding hydrogens is 527 g/mol. The van der Waals surface area contributed by atoms with Crippen molar-refractivity contribution in [2.75, 3.05) is 35.7 Å². The summed E-state index contributed by atoms with van der Waals surface area (Å²) in [4.78, 5) is 20.0. The van der Waals surface area contributed by atoms with Crippen LogP contribution in [0, 0.1) is 0 Å². The van der Waals surface area contributed by atoms with E-state index in [1.54, 1.807) is 36.3 Å². The number of aryl methyl sites for hydroxylation is 1. The Balaban J connectivity index is 1.17. The summed E-state index contributed by atoms with van der Waals surface area (Å²) in [6.07, 6.45) is 2.31. The highest BCUT2D eigenvalue weighted by Crippen LogP contribution is 2.29. The van der Waals surface area contributed by atoms with E-state index in [0.29, 0.717) is 40.6 Å². The van der Waals surface area contributed by atoms with E-state index < -0.39 is 6.36 Å². The second-order valence-electron chi connectivity index (χ2n) is 9.17. The van der Waals surface area contributed by atoms with Crippen molar-refractivity contribution in [1.29, 1.82) is 0 Å². The zero-order chi connectivity index (χ0) is 27.9. The Morgan fingerprint density at radius 1 is 1.02 bits per heavy atom. The lowest BCUT2D eigenvalue weighted by Crippen LogP contribution is -2.43. The first-order chi connectivity index (χ1) is 19.2. The van der Waals surface area contributed by atoms with Crippen LogP contribution in [0.2, 0.25) is 0 Å². The number of ether oxygens (including phenoxy) is 1. The number of fused-ring (bicyclic) bond motifs is 1. The number of pyridine rings is 1. The van der Waals surface area contributed by atoms with Gasteiger partial charge in [-0.05, 0) is 36.4 Å². The lowest BCUT2D eigenvalue weighted by atomic mass is 10.2. The minimum absolute atomic E-state index is 0.304. The molecule has 206 valence electrons. The summed E-state index contributed by atoms with van der Waals surface area (Å²) in [6, 6.07) is 9.43. The van der Waals surface area contributed by atoms with Crippen molar-refractivity contribution in [3.63, 3.8) is 0 Å². The van der Waals surface area contributed by atoms with Gasteiger partial charge in [0.05, 0.1) is 29.8 Å². The van der Waals surface area contributed by atoms with E-state index in [9.17, 15) is 13.2 Å². The summed E-state index contributed by atoms with van der Waals surface area (Å²) < 4.78 is 44.9. The minimum Gasteiger partial charge on any atom is -0.406 e. The summed E-state index contributed by atoms with van der Waals surface area (Å²) >= 11 is 0. The maximum Gasteiger partial charge on any atom is 0.573 e. The van der Waals surface area contributed by atoms with Gasteiger partial charge in [0.25, 0.3) is 0 Å². The lowest BCUT2D eigenvalue weighted by Gasteiger charge is -2.27. The number of nitrogens with one attached hydrogen (secondary N) is 3. The average molecular weight is 552 g/mol. The van der Waals surface area contributed by atoms with Crippen molar-refractivity contribution < 1.29 is 17.9 Å². The summed E-state index contributed by atoms with van der Waals surface area (Å²) in [5, 5.41) is 13.9. The van der Waals surface area contributed by atoms with Crippen LogP contribution >= 0.6 is 0 Å². The third-order valence-electron chi connectivity index (χ3n) is 6.40. The van der Waals surface area contributed by atoms with Crippen molar-refractivity contribution in [1.82, 2.24) is 39.6 Å². The third-order valence-corrected chi connectivity index (χ3v) is 6.40. The van der Waals surface area contributed by atoms with E-state index in [1.807, 2.05) is 28.9 Å². The molecule has 6 rings (SSSR count). The lowest BCUT2D eigenvalue weighted by molar-refractivity contribution is -0.274. The summed E-state index contributed by atoms with van der Waals surface area (Å²) in [6.45, 7) is 1.80. The Morgan fingerprint density at radius 3 is 2.55 bits per heavy atom. The molecule has 0 atom stereocenters. The molecule has 1 aliphatic rings. The number of aromatic nitrogens is 7. The molecule has 0 bridgehead atoms. The van der Waals surface area contributed by atoms with Crippen LogP contribution in [0.5, 0.6) is 5.75 Å². The number of hydrogen-bond donors (Lipinski definition) is 3. The molecule has 0 saturated carbocycles. The molecule has 1 aromatic carbocycles. The molecule has 0 unspecified atom stereocenters. The maximum absolute atomic E-state index is 12.4. The largest absolute Gasteiger partial charge is 0.573 e. The average Bonchev–Trinajstić information content (AvgIpc) is 3.46. The highest BCUT2D eigenvalue weighted by Gasteiger charge is 2.31. The van der Waals surface area contributed by atoms with Crippen molar-refractivity contribution in [3.8, 4) is 5.75 Å². The maximum atomic E-state index is 12.4. The van der Waals surface area contributed by atoms with Crippen LogP contribution in [0.1, 0.15) is 6.04 Å². The van der Waals surface area contributed by atoms with Gasteiger partial charge in [0.1, 0.15) is 17.1 Å². The molecule has 5 heterocycles. The fraction of sp³-hybridized carbons (Fsp3) is 0.240. The number of halogens is 3. The van der Waals surface area contributed by atoms with E-state index in [4.69, 9.17) is 0 Å². The van der Waals surface area contributed by atoms with Crippen molar-refractivity contribution in [2.24, 2.45) is 7.05 Å². The molecule has 1 fully saturated rings. The van der Waals surface area contributed by atoms with Crippen LogP contribution in [-0.4, -0.2) is 60.8 Å². The van der Waals surface area contributed by atoms with Gasteiger partial charge in [0.2, 0.25) is 11.9 Å². The monoisotopic (exact) mass is 551 g/mol. The molecule has 0 radical (unpaired) electrons. The number of nitrogens with zero attached hydrogens (tertiary/aromatic N) is 8. The van der Waals surface area contributed by atoms with Gasteiger partial charge in [-0.2, -0.15) is 10.1 Å². The van der Waals surface area contributed by atoms with Gasteiger partial charge >= 0.3 is 6.36 Å². The first-order valence-corrected chi connectivity index (χ1v) is 12.3. The van der Waals surface area contributed by atoms with Crippen molar-refractivity contribution >= 4 is 45.9 Å². The Bertz CT molecular complexity index is 1640. The van der Waals surface area contributed by atoms with Gasteiger partial charge in [0, 0.05) is 45.3 Å². The second-order valence-corrected chi connectivity index (χ2v) is 9.17. The second kappa shape index (κ2) is 10.00. The summed E-state index contributed by atoms with van der Waals surface area (Å²) in [7, 11) is 3.66. The normalized spacial score (nSPS) is 13.7. The first kappa shape index (κ1) is 25.4. The Morgan fingerprint density at radius 2 is 1.82 bits per heavy atom. The molecule has 5 aromatic rings. The summed E-state index contributed by atoms with van der Waals surface area (Å²) in [5.74, 6) is 1.24. The van der Waals surface area contributed by atoms with E-state index in [2.05, 4.69) is 45.7 Å². The molecule has 4 aromatic heterocycles. The van der Waals surface area contributed by atoms with Crippen LogP contribution in [0.25, 0.3) is 11.2 Å². The Labute approximate surface area is 225 Å². The molecule has 0 spiro atoms. The van der Waals surface area contributed by atoms with Gasteiger partial charge in [-0.15, -0.1) is 13.2 Å². The van der Waals surface area contributed by atoms with E-state index >= 15 is 0 Å². The molecule has 15 heteroatoms. The van der Waals surface area contributed by atoms with E-state index in [0.717, 1.165) is 24.5 Å². The molecule has 1 saturated heterocycles. The van der Waals surface area contributed by atoms with Crippen LogP contribution in [-0.2, 0) is 7.05 Å². The zero-order valence-electron chi connectivity index (χ0n) is 21.4. The third kappa shape index (κ3) is 5.31. The number of imidazole rings is 1. The fourth-order valence-corrected chi connectivity index (χ4v) is 4.15. The van der Waals surface area contributed by atoms with Crippen LogP contribution in [0.15, 0.2) is 61.2 Å². The Hall–Kier alpha value is -4.92. The smallest absolute Gasteiger partial charge is 0.406 e. The van der Waals surface area contributed by atoms with Crippen LogP contribution < -0.4 is 25.6 Å². The van der Waals surface area contributed by atoms with Gasteiger partial charge in [0.15, 0.2) is 5.65 Å². The van der Waals surface area contributed by atoms with Crippen LogP contribution in [0.3, 0.4) is 0 Å². The van der Waals surface area contributed by atoms with Crippen LogP contribution in [0.4, 0.5) is 47.9 Å².